The molecule has 0 aromatic carbocycles. The van der Waals surface area contributed by atoms with Gasteiger partial charge in [0.25, 0.3) is 0 Å². The highest BCUT2D eigenvalue weighted by Gasteiger charge is 2.35. The second-order valence-electron chi connectivity index (χ2n) is 4.29. The maximum atomic E-state index is 11.9. The molecule has 0 unspecified atom stereocenters. The average molecular weight is 233 g/mol. The molecule has 2 fully saturated rings. The molecule has 5 nitrogen and oxygen atoms in total. The summed E-state index contributed by atoms with van der Waals surface area (Å²) in [4.78, 5) is 13.7. The average Bonchev–Trinajstić information content (AvgIpc) is 2.59. The van der Waals surface area contributed by atoms with Gasteiger partial charge in [-0.1, -0.05) is 0 Å². The van der Waals surface area contributed by atoms with Gasteiger partial charge in [0.15, 0.2) is 9.84 Å². The van der Waals surface area contributed by atoms with Gasteiger partial charge in [0.1, 0.15) is 0 Å². The summed E-state index contributed by atoms with van der Waals surface area (Å²) in [5.41, 5.74) is 0. The van der Waals surface area contributed by atoms with E-state index in [0.717, 1.165) is 26.2 Å². The first kappa shape index (κ1) is 10.9. The molecule has 0 spiro atoms. The Labute approximate surface area is 89.7 Å². The van der Waals surface area contributed by atoms with Gasteiger partial charge >= 0.3 is 0 Å². The highest BCUT2D eigenvalue weighted by Crippen LogP contribution is 2.20. The smallest absolute Gasteiger partial charge is 0.227 e. The van der Waals surface area contributed by atoms with Crippen LogP contribution in [0.1, 0.15) is 6.42 Å². The Balaban J connectivity index is 1.96. The molecule has 2 rings (SSSR count). The van der Waals surface area contributed by atoms with Crippen molar-refractivity contribution in [3.8, 4) is 0 Å². The molecule has 86 valence electrons. The van der Waals surface area contributed by atoms with E-state index in [4.69, 9.17) is 0 Å². The van der Waals surface area contributed by atoms with Crippen LogP contribution in [0.5, 0.6) is 0 Å². The lowest BCUT2D eigenvalue weighted by Crippen LogP contribution is -2.90. The normalized spacial score (nSPS) is 30.4. The summed E-state index contributed by atoms with van der Waals surface area (Å²) in [5, 5.41) is 2.18. The third-order valence-electron chi connectivity index (χ3n) is 3.10. The Morgan fingerprint density at radius 3 is 2.47 bits per heavy atom. The molecule has 1 amide bonds. The Morgan fingerprint density at radius 2 is 1.93 bits per heavy atom. The van der Waals surface area contributed by atoms with Crippen LogP contribution in [0.25, 0.3) is 0 Å². The van der Waals surface area contributed by atoms with Crippen molar-refractivity contribution >= 4 is 15.7 Å². The SMILES string of the molecule is O=C([C@H]1CCS(=O)(=O)C1)N1CC[NH2+]CC1. The molecule has 15 heavy (non-hydrogen) atoms. The van der Waals surface area contributed by atoms with Crippen molar-refractivity contribution in [3.63, 3.8) is 0 Å². The summed E-state index contributed by atoms with van der Waals surface area (Å²) in [6, 6.07) is 0. The quantitative estimate of drug-likeness (QED) is 0.560. The number of hydrogen-bond acceptors (Lipinski definition) is 3. The fourth-order valence-corrected chi connectivity index (χ4v) is 3.95. The topological polar surface area (TPSA) is 71.1 Å². The van der Waals surface area contributed by atoms with Crippen molar-refractivity contribution < 1.29 is 18.5 Å². The van der Waals surface area contributed by atoms with Crippen LogP contribution in [-0.2, 0) is 14.6 Å². The second-order valence-corrected chi connectivity index (χ2v) is 6.52. The highest BCUT2D eigenvalue weighted by atomic mass is 32.2. The van der Waals surface area contributed by atoms with E-state index in [0.29, 0.717) is 6.42 Å². The van der Waals surface area contributed by atoms with Gasteiger partial charge in [0, 0.05) is 0 Å². The van der Waals surface area contributed by atoms with Crippen molar-refractivity contribution in [2.45, 2.75) is 6.42 Å². The van der Waals surface area contributed by atoms with Crippen LogP contribution in [0.4, 0.5) is 0 Å². The molecule has 2 aliphatic heterocycles. The molecule has 0 aliphatic carbocycles. The Bertz CT molecular complexity index is 346. The summed E-state index contributed by atoms with van der Waals surface area (Å²) in [5.74, 6) is 0.0207. The van der Waals surface area contributed by atoms with E-state index in [9.17, 15) is 13.2 Å². The molecular formula is C9H17N2O3S+. The summed E-state index contributed by atoms with van der Waals surface area (Å²) in [6.45, 7) is 3.39. The van der Waals surface area contributed by atoms with Gasteiger partial charge in [-0.2, -0.15) is 0 Å². The van der Waals surface area contributed by atoms with Crippen molar-refractivity contribution in [2.24, 2.45) is 5.92 Å². The minimum atomic E-state index is -2.93. The van der Waals surface area contributed by atoms with E-state index < -0.39 is 9.84 Å². The van der Waals surface area contributed by atoms with Gasteiger partial charge in [-0.15, -0.1) is 0 Å². The molecular weight excluding hydrogens is 216 g/mol. The van der Waals surface area contributed by atoms with E-state index in [1.165, 1.54) is 0 Å². The van der Waals surface area contributed by atoms with Gasteiger partial charge in [-0.25, -0.2) is 8.42 Å². The van der Waals surface area contributed by atoms with Crippen molar-refractivity contribution in [1.82, 2.24) is 4.90 Å². The fourth-order valence-electron chi connectivity index (χ4n) is 2.22. The molecule has 0 aromatic rings. The van der Waals surface area contributed by atoms with Crippen LogP contribution in [0.3, 0.4) is 0 Å². The molecule has 0 radical (unpaired) electrons. The number of nitrogens with two attached hydrogens (primary N) is 1. The number of carbonyl (C=O) groups excluding carboxylic acids is 1. The first-order chi connectivity index (χ1) is 7.08. The monoisotopic (exact) mass is 233 g/mol. The van der Waals surface area contributed by atoms with Gasteiger partial charge in [0.2, 0.25) is 5.91 Å². The lowest BCUT2D eigenvalue weighted by molar-refractivity contribution is -0.662. The zero-order valence-electron chi connectivity index (χ0n) is 8.68. The van der Waals surface area contributed by atoms with Crippen molar-refractivity contribution in [2.75, 3.05) is 37.7 Å². The number of carbonyl (C=O) groups is 1. The van der Waals surface area contributed by atoms with E-state index in [-0.39, 0.29) is 23.3 Å². The molecule has 2 heterocycles. The van der Waals surface area contributed by atoms with Crippen LogP contribution < -0.4 is 5.32 Å². The summed E-state index contributed by atoms with van der Waals surface area (Å²) >= 11 is 0. The number of amides is 1. The minimum absolute atomic E-state index is 0.0455. The predicted molar refractivity (Wildman–Crippen MR) is 55.0 cm³/mol. The number of quaternary nitrogens is 1. The Kier molecular flexibility index (Phi) is 2.97. The molecule has 6 heteroatoms. The van der Waals surface area contributed by atoms with Crippen molar-refractivity contribution in [1.29, 1.82) is 0 Å². The highest BCUT2D eigenvalue weighted by molar-refractivity contribution is 7.91. The van der Waals surface area contributed by atoms with Gasteiger partial charge in [-0.3, -0.25) is 4.79 Å². The number of nitrogens with zero attached hydrogens (tertiary/aromatic N) is 1. The third-order valence-corrected chi connectivity index (χ3v) is 4.87. The number of sulfone groups is 1. The Morgan fingerprint density at radius 1 is 1.27 bits per heavy atom. The van der Waals surface area contributed by atoms with Crippen LogP contribution >= 0.6 is 0 Å². The maximum absolute atomic E-state index is 11.9. The first-order valence-corrected chi connectivity index (χ1v) is 7.21. The first-order valence-electron chi connectivity index (χ1n) is 5.39. The van der Waals surface area contributed by atoms with E-state index in [2.05, 4.69) is 5.32 Å². The summed E-state index contributed by atoms with van der Waals surface area (Å²) in [6.07, 6.45) is 0.515. The molecule has 0 bridgehead atoms. The number of hydrogen-bond donors (Lipinski definition) is 1. The van der Waals surface area contributed by atoms with E-state index in [1.54, 1.807) is 0 Å². The van der Waals surface area contributed by atoms with Crippen LogP contribution in [-0.4, -0.2) is 56.9 Å². The minimum Gasteiger partial charge on any atom is -0.343 e. The zero-order chi connectivity index (χ0) is 10.9. The fraction of sp³-hybridized carbons (Fsp3) is 0.889. The summed E-state index contributed by atoms with van der Waals surface area (Å²) < 4.78 is 22.5. The van der Waals surface area contributed by atoms with Crippen LogP contribution in [0, 0.1) is 5.92 Å². The molecule has 1 atom stereocenters. The molecule has 2 saturated heterocycles. The molecule has 0 saturated carbocycles. The third kappa shape index (κ3) is 2.49. The summed E-state index contributed by atoms with van der Waals surface area (Å²) in [7, 11) is -2.93. The van der Waals surface area contributed by atoms with E-state index in [1.807, 2.05) is 4.90 Å². The molecule has 2 aliphatic rings. The standard InChI is InChI=1S/C9H16N2O3S/c12-9(11-4-2-10-3-5-11)8-1-6-15(13,14)7-8/h8,10H,1-7H2/p+1/t8-/m0/s1. The predicted octanol–water partition coefficient (Wildman–Crippen LogP) is -2.17. The van der Waals surface area contributed by atoms with Crippen LogP contribution in [0.15, 0.2) is 0 Å². The Hall–Kier alpha value is -0.620. The largest absolute Gasteiger partial charge is 0.343 e. The van der Waals surface area contributed by atoms with Crippen LogP contribution in [0.2, 0.25) is 0 Å². The van der Waals surface area contributed by atoms with Gasteiger partial charge < -0.3 is 10.2 Å². The van der Waals surface area contributed by atoms with Gasteiger partial charge in [-0.05, 0) is 6.42 Å². The lowest BCUT2D eigenvalue weighted by atomic mass is 10.1. The second kappa shape index (κ2) is 4.09. The molecule has 0 aromatic heterocycles. The maximum Gasteiger partial charge on any atom is 0.227 e. The lowest BCUT2D eigenvalue weighted by Gasteiger charge is -2.27. The zero-order valence-corrected chi connectivity index (χ0v) is 9.50. The van der Waals surface area contributed by atoms with Gasteiger partial charge in [0.05, 0.1) is 43.6 Å². The number of rotatable bonds is 1. The van der Waals surface area contributed by atoms with E-state index >= 15 is 0 Å². The molecule has 2 N–H and O–H groups in total. The van der Waals surface area contributed by atoms with Crippen molar-refractivity contribution in [3.05, 3.63) is 0 Å². The number of piperazine rings is 1.